The van der Waals surface area contributed by atoms with Crippen LogP contribution in [0.2, 0.25) is 15.1 Å². The Bertz CT molecular complexity index is 1510. The highest BCUT2D eigenvalue weighted by atomic mass is 35.5. The molecule has 1 aliphatic carbocycles. The van der Waals surface area contributed by atoms with Crippen molar-refractivity contribution in [3.05, 3.63) is 84.3 Å². The number of hydrogen-bond donors (Lipinski definition) is 1. The molecule has 2 aromatic carbocycles. The minimum atomic E-state index is -0.724. The fraction of sp³-hybridized carbons (Fsp3) is 0.400. The van der Waals surface area contributed by atoms with Gasteiger partial charge >= 0.3 is 0 Å². The first-order valence-electron chi connectivity index (χ1n) is 13.7. The van der Waals surface area contributed by atoms with E-state index in [9.17, 15) is 13.6 Å². The molecule has 1 saturated carbocycles. The third kappa shape index (κ3) is 6.13. The molecule has 2 atom stereocenters. The smallest absolute Gasteiger partial charge is 0.252 e. The van der Waals surface area contributed by atoms with E-state index < -0.39 is 11.6 Å². The third-order valence-electron chi connectivity index (χ3n) is 7.85. The Labute approximate surface area is 256 Å². The lowest BCUT2D eigenvalue weighted by Crippen LogP contribution is -2.44. The Kier molecular flexibility index (Phi) is 8.57. The summed E-state index contributed by atoms with van der Waals surface area (Å²) in [5.41, 5.74) is 2.74. The Morgan fingerprint density at radius 3 is 2.68 bits per heavy atom. The fourth-order valence-corrected chi connectivity index (χ4v) is 7.27. The molecule has 3 aromatic rings. The lowest BCUT2D eigenvalue weighted by atomic mass is 9.93. The molecule has 3 aliphatic rings. The number of carbonyl (C=O) groups excluding carboxylic acids is 1. The Balaban J connectivity index is 1.19. The van der Waals surface area contributed by atoms with E-state index in [0.717, 1.165) is 70.8 Å². The standard InChI is InChI=1S/C30H28Cl3F2N3O2S/c31-20-4-1-3-16(27(20)32)15-38(18-7-8-18)30(39)26-19(13-17-6-11-23(26)37-17)24-14-36-25(41-24)5-2-12-40-29-22(35)10-9-21(34)28(29)33/h1,3-4,9-10,14,17-18,23,37H,2,5-8,11-13,15H2/t17-,23+/m0/s1. The van der Waals surface area contributed by atoms with Gasteiger partial charge in [0, 0.05) is 42.9 Å². The van der Waals surface area contributed by atoms with E-state index in [4.69, 9.17) is 39.5 Å². The first-order chi connectivity index (χ1) is 19.8. The number of aromatic nitrogens is 1. The van der Waals surface area contributed by atoms with Crippen molar-refractivity contribution in [1.29, 1.82) is 0 Å². The highest BCUT2D eigenvalue weighted by Gasteiger charge is 2.42. The molecule has 0 radical (unpaired) electrons. The molecular weight excluding hydrogens is 611 g/mol. The molecular formula is C30H28Cl3F2N3O2S. The number of carbonyl (C=O) groups is 1. The summed E-state index contributed by atoms with van der Waals surface area (Å²) >= 11 is 20.2. The van der Waals surface area contributed by atoms with Crippen LogP contribution in [0.4, 0.5) is 8.78 Å². The van der Waals surface area contributed by atoms with Crippen molar-refractivity contribution in [3.8, 4) is 5.75 Å². The molecule has 5 nitrogen and oxygen atoms in total. The number of fused-ring (bicyclic) bond motifs is 2. The predicted octanol–water partition coefficient (Wildman–Crippen LogP) is 7.86. The molecule has 11 heteroatoms. The maximum atomic E-state index is 14.2. The molecule has 0 unspecified atom stereocenters. The largest absolute Gasteiger partial charge is 0.489 e. The summed E-state index contributed by atoms with van der Waals surface area (Å²) in [6.45, 7) is 0.581. The molecule has 2 aliphatic heterocycles. The van der Waals surface area contributed by atoms with E-state index in [-0.39, 0.29) is 35.4 Å². The van der Waals surface area contributed by atoms with E-state index >= 15 is 0 Å². The first kappa shape index (κ1) is 28.9. The summed E-state index contributed by atoms with van der Waals surface area (Å²) in [4.78, 5) is 21.8. The molecule has 2 bridgehead atoms. The lowest BCUT2D eigenvalue weighted by molar-refractivity contribution is -0.128. The zero-order valence-corrected chi connectivity index (χ0v) is 25.2. The highest BCUT2D eigenvalue weighted by molar-refractivity contribution is 7.12. The SMILES string of the molecule is O=C(C1=C(c2cnc(CCCOc3c(F)ccc(F)c3Cl)s2)C[C@@H]2CC[C@H]1N2)N(Cc1cccc(Cl)c1Cl)C1CC1. The minimum Gasteiger partial charge on any atom is -0.489 e. The van der Waals surface area contributed by atoms with Gasteiger partial charge in [0.2, 0.25) is 0 Å². The molecule has 0 spiro atoms. The average molecular weight is 639 g/mol. The summed E-state index contributed by atoms with van der Waals surface area (Å²) < 4.78 is 33.1. The summed E-state index contributed by atoms with van der Waals surface area (Å²) in [7, 11) is 0. The molecule has 6 rings (SSSR count). The van der Waals surface area contributed by atoms with Crippen molar-refractivity contribution in [2.75, 3.05) is 6.61 Å². The zero-order valence-electron chi connectivity index (χ0n) is 22.1. The Morgan fingerprint density at radius 2 is 1.88 bits per heavy atom. The van der Waals surface area contributed by atoms with Gasteiger partial charge in [0.05, 0.1) is 26.5 Å². The second-order valence-electron chi connectivity index (χ2n) is 10.7. The van der Waals surface area contributed by atoms with Gasteiger partial charge in [-0.1, -0.05) is 46.9 Å². The van der Waals surface area contributed by atoms with Gasteiger partial charge < -0.3 is 15.0 Å². The van der Waals surface area contributed by atoms with Crippen LogP contribution in [0.3, 0.4) is 0 Å². The maximum absolute atomic E-state index is 14.2. The van der Waals surface area contributed by atoms with Crippen LogP contribution in [0.25, 0.3) is 5.57 Å². The van der Waals surface area contributed by atoms with Crippen LogP contribution in [0.5, 0.6) is 5.75 Å². The number of ether oxygens (including phenoxy) is 1. The Hall–Kier alpha value is -2.23. The van der Waals surface area contributed by atoms with Crippen LogP contribution >= 0.6 is 46.1 Å². The topological polar surface area (TPSA) is 54.5 Å². The highest BCUT2D eigenvalue weighted by Crippen LogP contribution is 2.42. The van der Waals surface area contributed by atoms with Crippen molar-refractivity contribution >= 4 is 57.6 Å². The van der Waals surface area contributed by atoms with Gasteiger partial charge in [-0.25, -0.2) is 13.8 Å². The first-order valence-corrected chi connectivity index (χ1v) is 15.7. The van der Waals surface area contributed by atoms with E-state index in [2.05, 4.69) is 10.3 Å². The number of rotatable bonds is 10. The quantitative estimate of drug-likeness (QED) is 0.181. The van der Waals surface area contributed by atoms with Gasteiger partial charge in [-0.05, 0) is 67.9 Å². The van der Waals surface area contributed by atoms with E-state index in [0.29, 0.717) is 35.5 Å². The number of amides is 1. The molecule has 3 heterocycles. The molecule has 1 aromatic heterocycles. The van der Waals surface area contributed by atoms with Crippen LogP contribution in [-0.2, 0) is 17.8 Å². The minimum absolute atomic E-state index is 0.0113. The van der Waals surface area contributed by atoms with Crippen LogP contribution in [0, 0.1) is 11.6 Å². The van der Waals surface area contributed by atoms with E-state index in [1.807, 2.05) is 23.2 Å². The molecule has 216 valence electrons. The van der Waals surface area contributed by atoms with Gasteiger partial charge in [0.15, 0.2) is 11.6 Å². The third-order valence-corrected chi connectivity index (χ3v) is 10.2. The van der Waals surface area contributed by atoms with Crippen LogP contribution in [0.1, 0.15) is 54.0 Å². The summed E-state index contributed by atoms with van der Waals surface area (Å²) in [6.07, 6.45) is 7.68. The van der Waals surface area contributed by atoms with Gasteiger partial charge in [-0.3, -0.25) is 4.79 Å². The second-order valence-corrected chi connectivity index (χ2v) is 13.0. The number of nitrogens with zero attached hydrogens (tertiary/aromatic N) is 2. The number of halogens is 5. The predicted molar refractivity (Wildman–Crippen MR) is 159 cm³/mol. The van der Waals surface area contributed by atoms with Gasteiger partial charge in [-0.2, -0.15) is 0 Å². The van der Waals surface area contributed by atoms with Gasteiger partial charge in [0.1, 0.15) is 10.8 Å². The molecule has 1 saturated heterocycles. The monoisotopic (exact) mass is 637 g/mol. The maximum Gasteiger partial charge on any atom is 0.252 e. The summed E-state index contributed by atoms with van der Waals surface area (Å²) in [5.74, 6) is -1.65. The molecule has 1 amide bonds. The number of benzene rings is 2. The molecule has 1 N–H and O–H groups in total. The summed E-state index contributed by atoms with van der Waals surface area (Å²) in [5, 5.41) is 5.15. The van der Waals surface area contributed by atoms with Crippen molar-refractivity contribution < 1.29 is 18.3 Å². The molecule has 41 heavy (non-hydrogen) atoms. The van der Waals surface area contributed by atoms with Crippen molar-refractivity contribution in [3.63, 3.8) is 0 Å². The van der Waals surface area contributed by atoms with E-state index in [1.54, 1.807) is 17.4 Å². The van der Waals surface area contributed by atoms with E-state index in [1.165, 1.54) is 0 Å². The number of hydrogen-bond acceptors (Lipinski definition) is 5. The zero-order chi connectivity index (χ0) is 28.7. The van der Waals surface area contributed by atoms with Gasteiger partial charge in [0.25, 0.3) is 5.91 Å². The number of nitrogens with one attached hydrogen (secondary N) is 1. The van der Waals surface area contributed by atoms with Crippen molar-refractivity contribution in [2.45, 2.75) is 69.6 Å². The van der Waals surface area contributed by atoms with Crippen molar-refractivity contribution in [1.82, 2.24) is 15.2 Å². The second kappa shape index (κ2) is 12.2. The van der Waals surface area contributed by atoms with Crippen molar-refractivity contribution in [2.24, 2.45) is 0 Å². The Morgan fingerprint density at radius 1 is 1.07 bits per heavy atom. The van der Waals surface area contributed by atoms with Crippen LogP contribution in [-0.4, -0.2) is 40.5 Å². The summed E-state index contributed by atoms with van der Waals surface area (Å²) in [6, 6.07) is 8.05. The van der Waals surface area contributed by atoms with Crippen LogP contribution in [0.15, 0.2) is 42.1 Å². The lowest BCUT2D eigenvalue weighted by Gasteiger charge is -2.31. The molecule has 2 fully saturated rings. The normalized spacial score (nSPS) is 20.0. The number of aryl methyl sites for hydroxylation is 1. The van der Waals surface area contributed by atoms with Gasteiger partial charge in [-0.15, -0.1) is 11.3 Å². The average Bonchev–Trinajstić information content (AvgIpc) is 3.58. The number of thiazole rings is 1. The van der Waals surface area contributed by atoms with Crippen LogP contribution < -0.4 is 10.1 Å². The fourth-order valence-electron chi connectivity index (χ4n) is 5.65.